The Morgan fingerprint density at radius 1 is 0.531 bits per heavy atom. The predicted molar refractivity (Wildman–Crippen MR) is 540 cm³/mol. The quantitative estimate of drug-likeness (QED) is 0.0151. The number of aromatic hydroxyl groups is 1. The molecule has 6 heterocycles. The van der Waals surface area contributed by atoms with Crippen LogP contribution >= 0.6 is 11.8 Å². The molecule has 3 aromatic heterocycles. The number of carbonyl (C=O) groups is 17. The number of fused-ring (bicyclic) bond motifs is 4. The summed E-state index contributed by atoms with van der Waals surface area (Å²) in [6.07, 6.45) is 10.1. The van der Waals surface area contributed by atoms with Crippen LogP contribution in [0, 0.1) is 11.3 Å². The second kappa shape index (κ2) is 57.1. The molecule has 0 bridgehead atoms. The highest BCUT2D eigenvalue weighted by Crippen LogP contribution is 2.29. The van der Waals surface area contributed by atoms with Crippen LogP contribution < -0.4 is 70.0 Å². The molecule has 145 heavy (non-hydrogen) atoms. The van der Waals surface area contributed by atoms with Crippen LogP contribution in [-0.2, 0) is 107 Å². The highest BCUT2D eigenvalue weighted by atomic mass is 32.2. The van der Waals surface area contributed by atoms with E-state index in [4.69, 9.17) is 16.9 Å². The summed E-state index contributed by atoms with van der Waals surface area (Å²) in [5.41, 5.74) is 14.0. The molecule has 3 saturated heterocycles. The third kappa shape index (κ3) is 34.2. The van der Waals surface area contributed by atoms with E-state index in [2.05, 4.69) is 78.4 Å². The zero-order chi connectivity index (χ0) is 106. The average molecular weight is 2040 g/mol. The normalized spacial score (nSPS) is 23.9. The fraction of sp³-hybridized carbons (Fsp3) is 0.570. The average Bonchev–Trinajstić information content (AvgIpc) is 1.76. The van der Waals surface area contributed by atoms with E-state index in [1.54, 1.807) is 74.8 Å². The number of phenolic OH excluding ortho intramolecular Hbond substituents is 1. The molecule has 0 unspecified atom stereocenters. The summed E-state index contributed by atoms with van der Waals surface area (Å²) in [6, 6.07) is -2.04. The number of nitrogens with one attached hydrogen (secondary N) is 15. The van der Waals surface area contributed by atoms with E-state index < -0.39 is 223 Å². The lowest BCUT2D eigenvalue weighted by atomic mass is 10.00. The Labute approximate surface area is 846 Å². The summed E-state index contributed by atoms with van der Waals surface area (Å²) < 4.78 is 0. The number of benzene rings is 3. The minimum atomic E-state index is -1.90. The van der Waals surface area contributed by atoms with E-state index in [0.717, 1.165) is 63.5 Å². The van der Waals surface area contributed by atoms with Gasteiger partial charge in [-0.2, -0.15) is 0 Å². The molecule has 45 heteroatoms. The molecule has 3 aliphatic heterocycles. The number of para-hydroxylation sites is 2. The number of carboxylic acid groups (broad SMARTS) is 1. The molecule has 0 spiro atoms. The predicted octanol–water partition coefficient (Wildman–Crippen LogP) is 1.18. The van der Waals surface area contributed by atoms with Crippen LogP contribution in [0.15, 0.2) is 97.7 Å². The molecule has 792 valence electrons. The van der Waals surface area contributed by atoms with Gasteiger partial charge in [-0.25, -0.2) is 4.98 Å². The number of carbonyl (C=O) groups excluding carboxylic acids is 16. The van der Waals surface area contributed by atoms with Gasteiger partial charge in [0.15, 0.2) is 5.96 Å². The van der Waals surface area contributed by atoms with Crippen molar-refractivity contribution in [1.82, 2.24) is 103 Å². The van der Waals surface area contributed by atoms with Crippen LogP contribution in [0.25, 0.3) is 21.8 Å². The fourth-order valence-electron chi connectivity index (χ4n) is 18.3. The van der Waals surface area contributed by atoms with Crippen LogP contribution in [-0.4, -0.2) is 327 Å². The minimum Gasteiger partial charge on any atom is -0.508 e. The first-order chi connectivity index (χ1) is 69.3. The van der Waals surface area contributed by atoms with Gasteiger partial charge in [-0.1, -0.05) is 140 Å². The monoisotopic (exact) mass is 2040 g/mol. The lowest BCUT2D eigenvalue weighted by Crippen LogP contribution is -2.62. The van der Waals surface area contributed by atoms with E-state index in [0.29, 0.717) is 95.6 Å². The molecule has 3 aliphatic rings. The molecule has 9 rings (SSSR count). The molecule has 0 radical (unpaired) electrons. The Hall–Kier alpha value is -13.7. The van der Waals surface area contributed by atoms with E-state index in [1.807, 2.05) is 13.8 Å². The summed E-state index contributed by atoms with van der Waals surface area (Å²) >= 11 is 0.866. The number of unbranched alkanes of at least 4 members (excludes halogenated alkanes) is 9. The number of carboxylic acids is 1. The van der Waals surface area contributed by atoms with Gasteiger partial charge in [0.25, 0.3) is 0 Å². The first kappa shape index (κ1) is 115. The van der Waals surface area contributed by atoms with Crippen molar-refractivity contribution in [3.8, 4) is 5.75 Å². The van der Waals surface area contributed by atoms with Crippen molar-refractivity contribution in [3.05, 3.63) is 120 Å². The molecule has 3 aromatic carbocycles. The first-order valence-electron chi connectivity index (χ1n) is 50.0. The second-order valence-electron chi connectivity index (χ2n) is 38.1. The SMILES string of the molecule is CCCC[C@H]1C(=O)N(C)[C@@H](CCCC)C(=O)N[C@@H](CCCNC(=N)N)C(=O)N[C@H](C(=O)NCCCCCCCCCCC(N)=O)CSCC(=O)N[C@@H](Cc2ccc(O)cc2)C(=O)N(C)[C@@H](C)C(=O)N[C@@H](CC(=O)O)C(=O)N2CCC[C@H]2C(=O)N[C@@H](Cc2cnc[nH]2)C(=O)N[C@@H](CC(C)C)C(=O)N2C[C@H](O)C[C@H]2C(=O)N[C@@H](Cc2c[nH]c3ccccc23)C(=O)N[C@@H](CO)C(=O)N[C@@H](Cc2c[nH]c3ccccc23)C(=O)N1C. The number of rotatable bonds is 35. The lowest BCUT2D eigenvalue weighted by Gasteiger charge is -2.36. The molecule has 0 saturated carbocycles. The van der Waals surface area contributed by atoms with E-state index >= 15 is 47.9 Å². The molecule has 0 aliphatic carbocycles. The van der Waals surface area contributed by atoms with Crippen molar-refractivity contribution in [2.75, 3.05) is 65.4 Å². The molecule has 6 aromatic rings. The Kier molecular flexibility index (Phi) is 45.2. The van der Waals surface area contributed by atoms with Crippen LogP contribution in [0.2, 0.25) is 0 Å². The molecule has 23 N–H and O–H groups in total. The zero-order valence-corrected chi connectivity index (χ0v) is 84.6. The Bertz CT molecular complexity index is 5430. The van der Waals surface area contributed by atoms with Gasteiger partial charge in [0.2, 0.25) is 94.5 Å². The van der Waals surface area contributed by atoms with E-state index in [1.165, 1.54) is 69.8 Å². The highest BCUT2D eigenvalue weighted by molar-refractivity contribution is 8.00. The number of hydrogen-bond acceptors (Lipinski definition) is 23. The number of amides is 16. The number of aliphatic hydroxyl groups is 2. The molecule has 15 atom stereocenters. The standard InChI is InChI=1S/C100H145N23O21S/c1-9-11-32-79-92(137)111-70(31-25-41-106-100(102)103)88(133)118-78(87(132)105-40-24-18-16-14-13-15-17-19-35-83(101)127)55-145-56-84(128)110-74(44-60-36-38-64(125)39-37-60)95(140)119(6)59(5)86(131)114-76(49-85(129)130)97(142)122-42-26-34-80(122)93(138)113-72(47-63-52-104-57-109-63)90(135)115-73(43-58(3)4)98(143)123-53-65(126)48-82(123)94(139)112-71(45-61-50-107-68-29-22-20-27-66(61)68)89(134)117-77(54-124)91(136)116-75(46-62-51-108-69-30-23-21-28-67(62)69)96(141)121(8)81(33-12-10-2)99(144)120(79)7/h20-23,27-30,36-39,50-52,57-59,65,70-82,107-108,124-126H,9-19,24-26,31-35,40-49,53-56H2,1-8H3,(H2,101,127)(H,104,109)(H,105,132)(H,110,128)(H,111,137)(H,112,139)(H,113,138)(H,114,131)(H,115,135)(H,116,136)(H,117,134)(H,118,133)(H,129,130)(H4,102,103,106)/t59-,65+,70-,71-,72-,73-,74-,75-,76-,77-,78-,79-,80-,81-,82-/m0/s1. The number of hydrogen-bond donors (Lipinski definition) is 21. The van der Waals surface area contributed by atoms with Crippen molar-refractivity contribution in [2.24, 2.45) is 17.4 Å². The number of guanidine groups is 1. The van der Waals surface area contributed by atoms with Gasteiger partial charge in [-0.3, -0.25) is 86.9 Å². The number of nitrogens with two attached hydrogens (primary N) is 2. The van der Waals surface area contributed by atoms with E-state index in [9.17, 15) is 54.0 Å². The number of H-pyrrole nitrogens is 3. The van der Waals surface area contributed by atoms with Gasteiger partial charge >= 0.3 is 5.97 Å². The molecule has 44 nitrogen and oxygen atoms in total. The van der Waals surface area contributed by atoms with Gasteiger partial charge in [-0.05, 0) is 112 Å². The smallest absolute Gasteiger partial charge is 0.305 e. The topological polar surface area (TPSA) is 656 Å². The minimum absolute atomic E-state index is 0.00279. The van der Waals surface area contributed by atoms with Crippen LogP contribution in [0.1, 0.15) is 198 Å². The molecule has 3 fully saturated rings. The largest absolute Gasteiger partial charge is 0.508 e. The number of thioether (sulfide) groups is 1. The third-order valence-electron chi connectivity index (χ3n) is 26.5. The number of aromatic nitrogens is 4. The maximum atomic E-state index is 15.9. The Morgan fingerprint density at radius 2 is 1.06 bits per heavy atom. The van der Waals surface area contributed by atoms with Crippen molar-refractivity contribution in [1.29, 1.82) is 5.41 Å². The van der Waals surface area contributed by atoms with Gasteiger partial charge in [0, 0.05) is 138 Å². The Morgan fingerprint density at radius 3 is 1.66 bits per heavy atom. The van der Waals surface area contributed by atoms with Gasteiger partial charge in [0.1, 0.15) is 90.3 Å². The zero-order valence-electron chi connectivity index (χ0n) is 83.8. The van der Waals surface area contributed by atoms with Crippen molar-refractivity contribution in [2.45, 2.75) is 292 Å². The van der Waals surface area contributed by atoms with Crippen LogP contribution in [0.5, 0.6) is 5.75 Å². The fourth-order valence-corrected chi connectivity index (χ4v) is 19.1. The van der Waals surface area contributed by atoms with Crippen LogP contribution in [0.3, 0.4) is 0 Å². The number of primary amides is 1. The molecular weight excluding hydrogens is 1890 g/mol. The maximum Gasteiger partial charge on any atom is 0.305 e. The summed E-state index contributed by atoms with van der Waals surface area (Å²) in [5, 5.41) is 82.7. The highest BCUT2D eigenvalue weighted by Gasteiger charge is 2.47. The van der Waals surface area contributed by atoms with Gasteiger partial charge < -0.3 is 130 Å². The number of likely N-dealkylation sites (N-methyl/N-ethyl adjacent to an activating group) is 3. The van der Waals surface area contributed by atoms with Gasteiger partial charge in [0.05, 0.1) is 31.2 Å². The maximum absolute atomic E-state index is 15.9. The summed E-state index contributed by atoms with van der Waals surface area (Å²) in [5.74, 6) is -17.3. The van der Waals surface area contributed by atoms with Crippen molar-refractivity contribution < 1.29 is 102 Å². The summed E-state index contributed by atoms with van der Waals surface area (Å²) in [6.45, 7) is 6.91. The molecular formula is C100H145N23O21S. The number of nitrogens with zero attached hydrogens (tertiary/aromatic N) is 6. The summed E-state index contributed by atoms with van der Waals surface area (Å²) in [7, 11) is 3.96. The summed E-state index contributed by atoms with van der Waals surface area (Å²) in [4.78, 5) is 270. The van der Waals surface area contributed by atoms with Gasteiger partial charge in [-0.15, -0.1) is 11.8 Å². The first-order valence-corrected chi connectivity index (χ1v) is 51.2. The second-order valence-corrected chi connectivity index (χ2v) is 39.1. The van der Waals surface area contributed by atoms with E-state index in [-0.39, 0.29) is 114 Å². The lowest BCUT2D eigenvalue weighted by molar-refractivity contribution is -0.149. The third-order valence-corrected chi connectivity index (χ3v) is 27.5. The van der Waals surface area contributed by atoms with Crippen molar-refractivity contribution >= 4 is 140 Å². The molecule has 16 amide bonds. The number of imidazole rings is 1. The van der Waals surface area contributed by atoms with Crippen molar-refractivity contribution in [3.63, 3.8) is 0 Å². The Balaban J connectivity index is 1.10. The number of aliphatic carboxylic acids is 1. The number of phenols is 1. The van der Waals surface area contributed by atoms with Crippen LogP contribution in [0.4, 0.5) is 0 Å². The number of aromatic amines is 3. The number of aliphatic hydroxyl groups excluding tert-OH is 2.